The van der Waals surface area contributed by atoms with Crippen molar-refractivity contribution in [1.29, 1.82) is 0 Å². The van der Waals surface area contributed by atoms with E-state index in [4.69, 9.17) is 18.9 Å². The second-order valence-electron chi connectivity index (χ2n) is 7.64. The Morgan fingerprint density at radius 1 is 0.844 bits per heavy atom. The van der Waals surface area contributed by atoms with Gasteiger partial charge in [-0.1, -0.05) is 60.7 Å². The van der Waals surface area contributed by atoms with Crippen LogP contribution in [0.4, 0.5) is 0 Å². The Balaban J connectivity index is 1.42. The quantitative estimate of drug-likeness (QED) is 0.552. The van der Waals surface area contributed by atoms with Crippen LogP contribution in [0, 0.1) is 6.92 Å². The minimum absolute atomic E-state index is 0.266. The van der Waals surface area contributed by atoms with Crippen LogP contribution >= 0.6 is 0 Å². The van der Waals surface area contributed by atoms with E-state index >= 15 is 0 Å². The van der Waals surface area contributed by atoms with Gasteiger partial charge in [-0.25, -0.2) is 9.36 Å². The average molecular weight is 438 g/mol. The smallest absolute Gasteiger partial charge is 0.332 e. The van der Waals surface area contributed by atoms with Crippen molar-refractivity contribution in [3.63, 3.8) is 0 Å². The molecule has 4 rings (SSSR count). The Morgan fingerprint density at radius 2 is 1.34 bits per heavy atom. The van der Waals surface area contributed by atoms with E-state index in [2.05, 4.69) is 4.98 Å². The zero-order valence-electron chi connectivity index (χ0n) is 17.8. The molecule has 0 spiro atoms. The van der Waals surface area contributed by atoms with E-state index in [1.165, 1.54) is 10.8 Å². The van der Waals surface area contributed by atoms with Gasteiger partial charge in [0.25, 0.3) is 5.56 Å². The summed E-state index contributed by atoms with van der Waals surface area (Å²) in [6.07, 6.45) is -0.438. The van der Waals surface area contributed by atoms with Crippen LogP contribution in [0.3, 0.4) is 0 Å². The topological polar surface area (TPSA) is 91.8 Å². The second-order valence-corrected chi connectivity index (χ2v) is 7.64. The number of nitrogens with zero attached hydrogens (tertiary/aromatic N) is 1. The van der Waals surface area contributed by atoms with E-state index in [1.54, 1.807) is 6.92 Å². The van der Waals surface area contributed by atoms with Crippen LogP contribution in [0.25, 0.3) is 0 Å². The van der Waals surface area contributed by atoms with Crippen molar-refractivity contribution < 1.29 is 18.9 Å². The second kappa shape index (κ2) is 10.5. The van der Waals surface area contributed by atoms with E-state index in [9.17, 15) is 9.59 Å². The van der Waals surface area contributed by atoms with E-state index in [1.807, 2.05) is 60.7 Å². The monoisotopic (exact) mass is 438 g/mol. The maximum atomic E-state index is 12.3. The molecule has 0 saturated carbocycles. The molecule has 0 bridgehead atoms. The van der Waals surface area contributed by atoms with Crippen LogP contribution in [0.5, 0.6) is 0 Å². The summed E-state index contributed by atoms with van der Waals surface area (Å²) in [5.41, 5.74) is 1.45. The number of aromatic nitrogens is 2. The highest BCUT2D eigenvalue weighted by molar-refractivity contribution is 5.14. The number of nitrogens with one attached hydrogen (secondary N) is 1. The molecule has 2 aromatic carbocycles. The maximum Gasteiger partial charge on any atom is 0.332 e. The normalized spacial score (nSPS) is 18.8. The molecule has 2 heterocycles. The molecule has 8 heteroatoms. The highest BCUT2D eigenvalue weighted by Gasteiger charge is 2.38. The number of aromatic amines is 1. The van der Waals surface area contributed by atoms with Crippen molar-refractivity contribution in [3.05, 3.63) is 104 Å². The summed E-state index contributed by atoms with van der Waals surface area (Å²) in [7, 11) is 0. The fourth-order valence-corrected chi connectivity index (χ4v) is 3.41. The fourth-order valence-electron chi connectivity index (χ4n) is 3.41. The average Bonchev–Trinajstić information content (AvgIpc) is 3.20. The van der Waals surface area contributed by atoms with Crippen LogP contribution in [-0.4, -0.2) is 35.0 Å². The number of ether oxygens (including phenoxy) is 4. The molecule has 1 fully saturated rings. The van der Waals surface area contributed by atoms with Gasteiger partial charge in [-0.15, -0.1) is 0 Å². The first-order valence-electron chi connectivity index (χ1n) is 10.5. The molecule has 8 nitrogen and oxygen atoms in total. The lowest BCUT2D eigenvalue weighted by atomic mass is 10.2. The molecular formula is C24H26N2O6. The van der Waals surface area contributed by atoms with Gasteiger partial charge in [0, 0.05) is 11.8 Å². The van der Waals surface area contributed by atoms with Crippen molar-refractivity contribution in [2.24, 2.45) is 0 Å². The number of aryl methyl sites for hydroxylation is 1. The summed E-state index contributed by atoms with van der Waals surface area (Å²) in [5, 5.41) is 0. The number of benzene rings is 2. The third kappa shape index (κ3) is 5.60. The van der Waals surface area contributed by atoms with Crippen LogP contribution in [0.1, 0.15) is 23.1 Å². The lowest BCUT2D eigenvalue weighted by Gasteiger charge is -2.17. The molecule has 0 radical (unpaired) electrons. The fraction of sp³-hybridized carbons (Fsp3) is 0.333. The molecule has 1 aromatic heterocycles. The molecule has 1 aliphatic heterocycles. The van der Waals surface area contributed by atoms with Crippen LogP contribution in [0.2, 0.25) is 0 Å². The molecule has 0 aliphatic carbocycles. The number of rotatable bonds is 9. The SMILES string of the molecule is Cc1cn(C2O[C@H](COCc3ccccc3)[C@@H](COCc3ccccc3)O2)c(=O)[nH]c1=O. The number of hydrogen-bond acceptors (Lipinski definition) is 6. The number of hydrogen-bond donors (Lipinski definition) is 1. The first-order chi connectivity index (χ1) is 15.6. The Morgan fingerprint density at radius 3 is 1.84 bits per heavy atom. The van der Waals surface area contributed by atoms with E-state index in [-0.39, 0.29) is 13.2 Å². The lowest BCUT2D eigenvalue weighted by Crippen LogP contribution is -2.34. The predicted molar refractivity (Wildman–Crippen MR) is 117 cm³/mol. The van der Waals surface area contributed by atoms with Gasteiger partial charge >= 0.3 is 5.69 Å². The molecule has 168 valence electrons. The van der Waals surface area contributed by atoms with Gasteiger partial charge in [0.15, 0.2) is 0 Å². The minimum atomic E-state index is -0.978. The van der Waals surface area contributed by atoms with Gasteiger partial charge < -0.3 is 18.9 Å². The summed E-state index contributed by atoms with van der Waals surface area (Å²) >= 11 is 0. The molecule has 1 N–H and O–H groups in total. The molecule has 3 aromatic rings. The summed E-state index contributed by atoms with van der Waals surface area (Å²) in [4.78, 5) is 26.2. The summed E-state index contributed by atoms with van der Waals surface area (Å²) in [6, 6.07) is 19.7. The Bertz CT molecular complexity index is 1060. The molecule has 32 heavy (non-hydrogen) atoms. The maximum absolute atomic E-state index is 12.3. The highest BCUT2D eigenvalue weighted by Crippen LogP contribution is 2.27. The first-order valence-corrected chi connectivity index (χ1v) is 10.5. The molecule has 0 amide bonds. The predicted octanol–water partition coefficient (Wildman–Crippen LogP) is 2.52. The van der Waals surface area contributed by atoms with Gasteiger partial charge in [0.1, 0.15) is 12.2 Å². The van der Waals surface area contributed by atoms with Crippen molar-refractivity contribution in [2.75, 3.05) is 13.2 Å². The standard InChI is InChI=1S/C24H26N2O6/c1-17-12-26(23(28)25-22(17)27)24-31-20(15-29-13-18-8-4-2-5-9-18)21(32-24)16-30-14-19-10-6-3-7-11-19/h2-12,20-21,24H,13-16H2,1H3,(H,25,27,28)/t20-,21-/m1/s1. The highest BCUT2D eigenvalue weighted by atomic mass is 16.8. The van der Waals surface area contributed by atoms with E-state index < -0.39 is 29.9 Å². The largest absolute Gasteiger partial charge is 0.374 e. The molecule has 1 aliphatic rings. The van der Waals surface area contributed by atoms with Crippen LogP contribution in [0.15, 0.2) is 76.4 Å². The zero-order valence-corrected chi connectivity index (χ0v) is 17.8. The van der Waals surface area contributed by atoms with Crippen molar-refractivity contribution >= 4 is 0 Å². The molecule has 1 saturated heterocycles. The number of H-pyrrole nitrogens is 1. The summed E-state index contributed by atoms with van der Waals surface area (Å²) in [6.45, 7) is 3.01. The minimum Gasteiger partial charge on any atom is -0.374 e. The van der Waals surface area contributed by atoms with Crippen LogP contribution in [-0.2, 0) is 32.2 Å². The van der Waals surface area contributed by atoms with Gasteiger partial charge in [-0.3, -0.25) is 9.78 Å². The molecular weight excluding hydrogens is 412 g/mol. The molecule has 2 atom stereocenters. The third-order valence-corrected chi connectivity index (χ3v) is 5.16. The van der Waals surface area contributed by atoms with E-state index in [0.717, 1.165) is 11.1 Å². The van der Waals surface area contributed by atoms with Gasteiger partial charge in [0.05, 0.1) is 26.4 Å². The summed E-state index contributed by atoms with van der Waals surface area (Å²) < 4.78 is 24.9. The van der Waals surface area contributed by atoms with Crippen molar-refractivity contribution in [2.45, 2.75) is 38.8 Å². The third-order valence-electron chi connectivity index (χ3n) is 5.16. The summed E-state index contributed by atoms with van der Waals surface area (Å²) in [5.74, 6) is 0. The van der Waals surface area contributed by atoms with Crippen LogP contribution < -0.4 is 11.2 Å². The van der Waals surface area contributed by atoms with Crippen molar-refractivity contribution in [1.82, 2.24) is 9.55 Å². The van der Waals surface area contributed by atoms with Gasteiger partial charge in [-0.05, 0) is 18.1 Å². The Labute approximate surface area is 185 Å². The van der Waals surface area contributed by atoms with Gasteiger partial charge in [0.2, 0.25) is 6.41 Å². The lowest BCUT2D eigenvalue weighted by molar-refractivity contribution is -0.135. The van der Waals surface area contributed by atoms with Gasteiger partial charge in [-0.2, -0.15) is 0 Å². The Hall–Kier alpha value is -3.04. The Kier molecular flexibility index (Phi) is 7.28. The van der Waals surface area contributed by atoms with E-state index in [0.29, 0.717) is 18.8 Å². The zero-order chi connectivity index (χ0) is 22.3. The van der Waals surface area contributed by atoms with Crippen molar-refractivity contribution in [3.8, 4) is 0 Å². The molecule has 0 unspecified atom stereocenters. The first kappa shape index (κ1) is 22.2.